The van der Waals surface area contributed by atoms with E-state index in [4.69, 9.17) is 16.6 Å². The Balaban J connectivity index is 2.88. The van der Waals surface area contributed by atoms with Crippen molar-refractivity contribution in [3.63, 3.8) is 0 Å². The van der Waals surface area contributed by atoms with E-state index in [0.717, 1.165) is 17.5 Å². The lowest BCUT2D eigenvalue weighted by molar-refractivity contribution is -0.141. The minimum atomic E-state index is -1.16. The number of carbonyl (C=O) groups is 3. The van der Waals surface area contributed by atoms with Gasteiger partial charge in [0.25, 0.3) is 0 Å². The first-order chi connectivity index (χ1) is 11.3. The highest BCUT2D eigenvalue weighted by atomic mass is 32.2. The number of carboxylic acids is 2. The largest absolute Gasteiger partial charge is 0.480 e. The Morgan fingerprint density at radius 3 is 2.25 bits per heavy atom. The molecule has 0 aromatic heterocycles. The summed E-state index contributed by atoms with van der Waals surface area (Å²) in [6, 6.07) is 7.04. The van der Waals surface area contributed by atoms with E-state index in [1.54, 1.807) is 0 Å². The normalized spacial score (nSPS) is 13.4. The molecule has 6 N–H and O–H groups in total. The third-order valence-electron chi connectivity index (χ3n) is 3.22. The Hall–Kier alpha value is -2.10. The van der Waals surface area contributed by atoms with E-state index in [1.807, 2.05) is 30.3 Å². The van der Waals surface area contributed by atoms with Crippen molar-refractivity contribution in [1.82, 2.24) is 4.31 Å². The summed E-state index contributed by atoms with van der Waals surface area (Å²) >= 11 is 1.04. The molecule has 8 nitrogen and oxygen atoms in total. The molecule has 9 heteroatoms. The lowest BCUT2D eigenvalue weighted by Crippen LogP contribution is -2.40. The van der Waals surface area contributed by atoms with Crippen molar-refractivity contribution < 1.29 is 24.6 Å². The topological polar surface area (TPSA) is 147 Å². The number of carbonyl (C=O) groups excluding carboxylic acids is 1. The molecule has 0 saturated carbocycles. The van der Waals surface area contributed by atoms with E-state index in [9.17, 15) is 19.5 Å². The second-order valence-electron chi connectivity index (χ2n) is 5.16. The van der Waals surface area contributed by atoms with Gasteiger partial charge in [0.2, 0.25) is 5.91 Å². The Bertz CT molecular complexity index is 569. The van der Waals surface area contributed by atoms with Crippen molar-refractivity contribution in [2.75, 3.05) is 5.75 Å². The zero-order chi connectivity index (χ0) is 18.1. The molecule has 1 amide bonds. The number of hydrogen-bond acceptors (Lipinski definition) is 6. The van der Waals surface area contributed by atoms with Gasteiger partial charge in [-0.2, -0.15) is 0 Å². The average Bonchev–Trinajstić information content (AvgIpc) is 2.52. The fourth-order valence-corrected chi connectivity index (χ4v) is 3.04. The molecule has 0 radical (unpaired) electrons. The Morgan fingerprint density at radius 2 is 1.75 bits per heavy atom. The van der Waals surface area contributed by atoms with Crippen molar-refractivity contribution in [3.8, 4) is 0 Å². The number of nitrogens with two attached hydrogens (primary N) is 2. The zero-order valence-corrected chi connectivity index (χ0v) is 13.8. The van der Waals surface area contributed by atoms with E-state index in [2.05, 4.69) is 0 Å². The number of nitrogens with zero attached hydrogens (tertiary/aromatic N) is 1. The zero-order valence-electron chi connectivity index (χ0n) is 13.0. The number of amides is 1. The second kappa shape index (κ2) is 9.91. The standard InChI is InChI=1S/C15H21N3O5S/c16-11(14(20)21)9-24-18(8-10-4-2-1-3-5-10)12(15(22)23)6-7-13(17)19/h1-5,11-12H,6-9,16H2,(H2,17,19)(H,20,21)(H,22,23)/t11-,12-/m0/s1. The van der Waals surface area contributed by atoms with Crippen molar-refractivity contribution in [1.29, 1.82) is 0 Å². The van der Waals surface area contributed by atoms with E-state index < -0.39 is 29.9 Å². The molecule has 24 heavy (non-hydrogen) atoms. The van der Waals surface area contributed by atoms with E-state index in [0.29, 0.717) is 0 Å². The number of carboxylic acid groups (broad SMARTS) is 2. The molecule has 0 aliphatic carbocycles. The predicted molar refractivity (Wildman–Crippen MR) is 89.9 cm³/mol. The summed E-state index contributed by atoms with van der Waals surface area (Å²) in [7, 11) is 0. The number of primary amides is 1. The number of benzene rings is 1. The molecular formula is C15H21N3O5S. The maximum Gasteiger partial charge on any atom is 0.321 e. The first kappa shape index (κ1) is 19.9. The van der Waals surface area contributed by atoms with Gasteiger partial charge in [0.15, 0.2) is 0 Å². The molecule has 0 aliphatic heterocycles. The maximum absolute atomic E-state index is 11.6. The molecule has 0 bridgehead atoms. The third-order valence-corrected chi connectivity index (χ3v) is 4.44. The summed E-state index contributed by atoms with van der Waals surface area (Å²) in [4.78, 5) is 33.4. The van der Waals surface area contributed by atoms with Crippen LogP contribution in [0.15, 0.2) is 30.3 Å². The molecule has 1 rings (SSSR count). The lowest BCUT2D eigenvalue weighted by Gasteiger charge is -2.28. The van der Waals surface area contributed by atoms with E-state index >= 15 is 0 Å². The van der Waals surface area contributed by atoms with E-state index in [1.165, 1.54) is 4.31 Å². The summed E-state index contributed by atoms with van der Waals surface area (Å²) in [5.74, 6) is -2.84. The molecule has 0 fully saturated rings. The van der Waals surface area contributed by atoms with Crippen molar-refractivity contribution in [2.24, 2.45) is 11.5 Å². The van der Waals surface area contributed by atoms with Crippen molar-refractivity contribution in [3.05, 3.63) is 35.9 Å². The molecule has 0 heterocycles. The molecule has 0 aliphatic rings. The third kappa shape index (κ3) is 6.99. The minimum absolute atomic E-state index is 0.0164. The van der Waals surface area contributed by atoms with Gasteiger partial charge in [-0.3, -0.25) is 14.4 Å². The fourth-order valence-electron chi connectivity index (χ4n) is 1.93. The predicted octanol–water partition coefficient (Wildman–Crippen LogP) is 0.267. The summed E-state index contributed by atoms with van der Waals surface area (Å²) < 4.78 is 1.53. The highest BCUT2D eigenvalue weighted by molar-refractivity contribution is 7.97. The number of hydrogen-bond donors (Lipinski definition) is 4. The molecule has 132 valence electrons. The van der Waals surface area contributed by atoms with Crippen LogP contribution in [0.5, 0.6) is 0 Å². The van der Waals surface area contributed by atoms with Gasteiger partial charge in [-0.25, -0.2) is 4.31 Å². The van der Waals surface area contributed by atoms with E-state index in [-0.39, 0.29) is 25.1 Å². The SMILES string of the molecule is NC(=O)CC[C@@H](C(=O)O)N(Cc1ccccc1)SC[C@H](N)C(=O)O. The lowest BCUT2D eigenvalue weighted by atomic mass is 10.1. The van der Waals surface area contributed by atoms with Gasteiger partial charge < -0.3 is 21.7 Å². The Morgan fingerprint density at radius 1 is 1.12 bits per heavy atom. The molecule has 2 atom stereocenters. The van der Waals surface area contributed by atoms with Gasteiger partial charge in [0.1, 0.15) is 12.1 Å². The molecule has 0 saturated heterocycles. The highest BCUT2D eigenvalue weighted by Gasteiger charge is 2.28. The van der Waals surface area contributed by atoms with Crippen LogP contribution in [0, 0.1) is 0 Å². The number of rotatable bonds is 11. The number of aliphatic carboxylic acids is 2. The van der Waals surface area contributed by atoms with Crippen LogP contribution in [-0.4, -0.2) is 50.2 Å². The smallest absolute Gasteiger partial charge is 0.321 e. The first-order valence-electron chi connectivity index (χ1n) is 7.24. The highest BCUT2D eigenvalue weighted by Crippen LogP contribution is 2.22. The van der Waals surface area contributed by atoms with Gasteiger partial charge in [0.05, 0.1) is 0 Å². The Kier molecular flexibility index (Phi) is 8.24. The van der Waals surface area contributed by atoms with Crippen LogP contribution in [0.2, 0.25) is 0 Å². The summed E-state index contributed by atoms with van der Waals surface area (Å²) in [6.07, 6.45) is -0.0411. The van der Waals surface area contributed by atoms with Crippen LogP contribution in [0.3, 0.4) is 0 Å². The van der Waals surface area contributed by atoms with Gasteiger partial charge in [-0.05, 0) is 12.0 Å². The van der Waals surface area contributed by atoms with Crippen LogP contribution in [0.4, 0.5) is 0 Å². The van der Waals surface area contributed by atoms with Crippen molar-refractivity contribution in [2.45, 2.75) is 31.5 Å². The van der Waals surface area contributed by atoms with Gasteiger partial charge >= 0.3 is 11.9 Å². The van der Waals surface area contributed by atoms with Crippen LogP contribution in [0.25, 0.3) is 0 Å². The second-order valence-corrected chi connectivity index (χ2v) is 6.22. The molecular weight excluding hydrogens is 334 g/mol. The fraction of sp³-hybridized carbons (Fsp3) is 0.400. The maximum atomic E-state index is 11.6. The Labute approximate surface area is 143 Å². The summed E-state index contributed by atoms with van der Waals surface area (Å²) in [5.41, 5.74) is 11.4. The van der Waals surface area contributed by atoms with Crippen LogP contribution in [-0.2, 0) is 20.9 Å². The quantitative estimate of drug-likeness (QED) is 0.413. The molecule has 1 aromatic carbocycles. The van der Waals surface area contributed by atoms with Gasteiger partial charge in [-0.1, -0.05) is 42.3 Å². The minimum Gasteiger partial charge on any atom is -0.480 e. The van der Waals surface area contributed by atoms with Crippen LogP contribution >= 0.6 is 11.9 Å². The van der Waals surface area contributed by atoms with Gasteiger partial charge in [0, 0.05) is 18.7 Å². The summed E-state index contributed by atoms with van der Waals surface area (Å²) in [6.45, 7) is 0.271. The average molecular weight is 355 g/mol. The summed E-state index contributed by atoms with van der Waals surface area (Å²) in [5, 5.41) is 18.3. The first-order valence-corrected chi connectivity index (χ1v) is 8.18. The van der Waals surface area contributed by atoms with Gasteiger partial charge in [-0.15, -0.1) is 0 Å². The molecule has 0 unspecified atom stereocenters. The van der Waals surface area contributed by atoms with Crippen LogP contribution in [0.1, 0.15) is 18.4 Å². The monoisotopic (exact) mass is 355 g/mol. The van der Waals surface area contributed by atoms with Crippen LogP contribution < -0.4 is 11.5 Å². The van der Waals surface area contributed by atoms with Crippen molar-refractivity contribution >= 4 is 29.8 Å². The molecule has 1 aromatic rings. The molecule has 0 spiro atoms.